The molecule has 0 aliphatic carbocycles. The molecule has 1 aliphatic heterocycles. The van der Waals surface area contributed by atoms with Gasteiger partial charge in [0.05, 0.1) is 22.0 Å². The van der Waals surface area contributed by atoms with Crippen molar-refractivity contribution < 1.29 is 8.42 Å². The molecule has 0 bridgehead atoms. The Morgan fingerprint density at radius 2 is 2.20 bits per heavy atom. The molecule has 1 aromatic heterocycles. The Morgan fingerprint density at radius 3 is 2.95 bits per heavy atom. The molecule has 20 heavy (non-hydrogen) atoms. The number of thiazole rings is 1. The molecule has 1 unspecified atom stereocenters. The van der Waals surface area contributed by atoms with E-state index in [0.717, 1.165) is 29.9 Å². The van der Waals surface area contributed by atoms with Crippen LogP contribution in [0.25, 0.3) is 10.2 Å². The maximum Gasteiger partial charge on any atom is 0.148 e. The normalized spacial score (nSPS) is 20.8. The zero-order valence-electron chi connectivity index (χ0n) is 11.4. The number of hydrogen-bond donors (Lipinski definition) is 0. The van der Waals surface area contributed by atoms with Crippen LogP contribution >= 0.6 is 11.3 Å². The number of nitrogens with zero attached hydrogens (tertiary/aromatic N) is 2. The fraction of sp³-hybridized carbons (Fsp3) is 0.500. The van der Waals surface area contributed by atoms with Crippen molar-refractivity contribution in [2.75, 3.05) is 25.1 Å². The summed E-state index contributed by atoms with van der Waals surface area (Å²) < 4.78 is 23.9. The molecule has 108 valence electrons. The first-order valence-electron chi connectivity index (χ1n) is 6.80. The molecule has 1 fully saturated rings. The molecule has 0 spiro atoms. The fourth-order valence-electron chi connectivity index (χ4n) is 2.69. The number of rotatable bonds is 4. The highest BCUT2D eigenvalue weighted by molar-refractivity contribution is 7.90. The van der Waals surface area contributed by atoms with Crippen molar-refractivity contribution in [1.82, 2.24) is 9.88 Å². The minimum absolute atomic E-state index is 0.231. The average molecular weight is 310 g/mol. The van der Waals surface area contributed by atoms with E-state index in [1.165, 1.54) is 11.0 Å². The van der Waals surface area contributed by atoms with Crippen LogP contribution in [0.5, 0.6) is 0 Å². The lowest BCUT2D eigenvalue weighted by molar-refractivity contribution is 0.272. The molecule has 0 saturated carbocycles. The smallest absolute Gasteiger partial charge is 0.148 e. The molecular formula is C14H18N2O2S2. The third-order valence-electron chi connectivity index (χ3n) is 3.71. The Balaban J connectivity index is 1.81. The predicted molar refractivity (Wildman–Crippen MR) is 82.9 cm³/mol. The Bertz CT molecular complexity index is 676. The van der Waals surface area contributed by atoms with Gasteiger partial charge < -0.3 is 0 Å². The van der Waals surface area contributed by atoms with Gasteiger partial charge >= 0.3 is 0 Å². The molecule has 1 aromatic carbocycles. The zero-order valence-corrected chi connectivity index (χ0v) is 13.1. The molecular weight excluding hydrogens is 292 g/mol. The molecule has 1 saturated heterocycles. The molecule has 4 nitrogen and oxygen atoms in total. The first-order chi connectivity index (χ1) is 9.53. The van der Waals surface area contributed by atoms with Crippen LogP contribution in [-0.2, 0) is 9.84 Å². The quantitative estimate of drug-likeness (QED) is 0.870. The van der Waals surface area contributed by atoms with Gasteiger partial charge in [-0.25, -0.2) is 13.4 Å². The zero-order chi connectivity index (χ0) is 14.2. The van der Waals surface area contributed by atoms with Gasteiger partial charge in [-0.15, -0.1) is 11.3 Å². The van der Waals surface area contributed by atoms with Gasteiger partial charge in [0, 0.05) is 12.8 Å². The van der Waals surface area contributed by atoms with E-state index < -0.39 is 9.84 Å². The largest absolute Gasteiger partial charge is 0.293 e. The van der Waals surface area contributed by atoms with Gasteiger partial charge in [-0.2, -0.15) is 0 Å². The van der Waals surface area contributed by atoms with Crippen molar-refractivity contribution in [3.63, 3.8) is 0 Å². The Hall–Kier alpha value is -0.980. The van der Waals surface area contributed by atoms with E-state index in [-0.39, 0.29) is 11.8 Å². The summed E-state index contributed by atoms with van der Waals surface area (Å²) in [5.74, 6) is 0.231. The summed E-state index contributed by atoms with van der Waals surface area (Å²) in [5.41, 5.74) is 1.04. The summed E-state index contributed by atoms with van der Waals surface area (Å²) in [5, 5.41) is 1.12. The van der Waals surface area contributed by atoms with Gasteiger partial charge in [-0.3, -0.25) is 4.90 Å². The van der Waals surface area contributed by atoms with Crippen LogP contribution in [-0.4, -0.2) is 43.4 Å². The molecule has 1 aliphatic rings. The van der Waals surface area contributed by atoms with E-state index in [0.29, 0.717) is 6.54 Å². The van der Waals surface area contributed by atoms with Crippen molar-refractivity contribution in [3.8, 4) is 0 Å². The summed E-state index contributed by atoms with van der Waals surface area (Å²) in [7, 11) is -2.90. The van der Waals surface area contributed by atoms with Gasteiger partial charge in [-0.05, 0) is 31.5 Å². The second-order valence-electron chi connectivity index (χ2n) is 5.34. The maximum atomic E-state index is 11.3. The number of likely N-dealkylation sites (tertiary alicyclic amines) is 1. The van der Waals surface area contributed by atoms with Crippen LogP contribution in [0.2, 0.25) is 0 Å². The maximum absolute atomic E-state index is 11.3. The minimum atomic E-state index is -2.90. The third kappa shape index (κ3) is 3.02. The van der Waals surface area contributed by atoms with Crippen molar-refractivity contribution in [3.05, 3.63) is 29.3 Å². The van der Waals surface area contributed by atoms with Gasteiger partial charge in [0.25, 0.3) is 0 Å². The topological polar surface area (TPSA) is 50.3 Å². The number of fused-ring (bicyclic) bond motifs is 1. The summed E-state index contributed by atoms with van der Waals surface area (Å²) in [6.45, 7) is 1.58. The first kappa shape index (κ1) is 14.0. The van der Waals surface area contributed by atoms with E-state index >= 15 is 0 Å². The lowest BCUT2D eigenvalue weighted by atomic mass is 10.2. The molecule has 3 rings (SSSR count). The summed E-state index contributed by atoms with van der Waals surface area (Å²) >= 11 is 1.73. The van der Waals surface area contributed by atoms with Gasteiger partial charge in [-0.1, -0.05) is 12.1 Å². The fourth-order valence-corrected chi connectivity index (χ4v) is 4.39. The predicted octanol–water partition coefficient (Wildman–Crippen LogP) is 2.48. The van der Waals surface area contributed by atoms with E-state index in [9.17, 15) is 8.42 Å². The standard InChI is InChI=1S/C14H18N2O2S2/c1-20(17,18)10-9-16-8-4-6-12(16)14-15-11-5-2-3-7-13(11)19-14/h2-3,5,7,12H,4,6,8-10H2,1H3. The second kappa shape index (κ2) is 5.42. The van der Waals surface area contributed by atoms with Crippen LogP contribution in [0.1, 0.15) is 23.9 Å². The van der Waals surface area contributed by atoms with E-state index in [1.54, 1.807) is 11.3 Å². The molecule has 0 radical (unpaired) electrons. The summed E-state index contributed by atoms with van der Waals surface area (Å²) in [4.78, 5) is 6.98. The molecule has 2 aromatic rings. The van der Waals surface area contributed by atoms with Crippen LogP contribution in [0.15, 0.2) is 24.3 Å². The number of benzene rings is 1. The van der Waals surface area contributed by atoms with Crippen molar-refractivity contribution in [2.45, 2.75) is 18.9 Å². The van der Waals surface area contributed by atoms with Gasteiger partial charge in [0.2, 0.25) is 0 Å². The number of aromatic nitrogens is 1. The number of hydrogen-bond acceptors (Lipinski definition) is 5. The van der Waals surface area contributed by atoms with E-state index in [2.05, 4.69) is 11.0 Å². The first-order valence-corrected chi connectivity index (χ1v) is 9.68. The van der Waals surface area contributed by atoms with Crippen molar-refractivity contribution in [1.29, 1.82) is 0 Å². The summed E-state index contributed by atoms with van der Waals surface area (Å²) in [6.07, 6.45) is 3.49. The van der Waals surface area contributed by atoms with Crippen LogP contribution < -0.4 is 0 Å². The van der Waals surface area contributed by atoms with Crippen LogP contribution in [0, 0.1) is 0 Å². The molecule has 2 heterocycles. The van der Waals surface area contributed by atoms with Gasteiger partial charge in [0.1, 0.15) is 14.8 Å². The van der Waals surface area contributed by atoms with Crippen molar-refractivity contribution in [2.24, 2.45) is 0 Å². The molecule has 0 amide bonds. The highest BCUT2D eigenvalue weighted by atomic mass is 32.2. The highest BCUT2D eigenvalue weighted by Gasteiger charge is 2.28. The number of para-hydroxylation sites is 1. The van der Waals surface area contributed by atoms with E-state index in [4.69, 9.17) is 4.98 Å². The highest BCUT2D eigenvalue weighted by Crippen LogP contribution is 2.36. The Morgan fingerprint density at radius 1 is 1.40 bits per heavy atom. The Kier molecular flexibility index (Phi) is 3.79. The molecule has 1 atom stereocenters. The second-order valence-corrected chi connectivity index (χ2v) is 8.67. The molecule has 6 heteroatoms. The van der Waals surface area contributed by atoms with Gasteiger partial charge in [0.15, 0.2) is 0 Å². The van der Waals surface area contributed by atoms with Crippen LogP contribution in [0.3, 0.4) is 0 Å². The minimum Gasteiger partial charge on any atom is -0.293 e. The lowest BCUT2D eigenvalue weighted by Crippen LogP contribution is -2.28. The van der Waals surface area contributed by atoms with E-state index in [1.807, 2.05) is 18.2 Å². The molecule has 0 N–H and O–H groups in total. The third-order valence-corrected chi connectivity index (χ3v) is 5.77. The number of sulfone groups is 1. The summed E-state index contributed by atoms with van der Waals surface area (Å²) in [6, 6.07) is 8.44. The van der Waals surface area contributed by atoms with Crippen LogP contribution in [0.4, 0.5) is 0 Å². The monoisotopic (exact) mass is 310 g/mol. The van der Waals surface area contributed by atoms with Crippen molar-refractivity contribution >= 4 is 31.4 Å². The SMILES string of the molecule is CS(=O)(=O)CCN1CCCC1c1nc2ccccc2s1. The Labute approximate surface area is 123 Å². The average Bonchev–Trinajstić information content (AvgIpc) is 3.01. The lowest BCUT2D eigenvalue weighted by Gasteiger charge is -2.22.